The van der Waals surface area contributed by atoms with Gasteiger partial charge in [-0.3, -0.25) is 0 Å². The van der Waals surface area contributed by atoms with Crippen LogP contribution in [-0.4, -0.2) is 19.9 Å². The van der Waals surface area contributed by atoms with Crippen LogP contribution in [0.4, 0.5) is 0 Å². The molecule has 54 heavy (non-hydrogen) atoms. The van der Waals surface area contributed by atoms with Gasteiger partial charge >= 0.3 is 0 Å². The second-order valence-electron chi connectivity index (χ2n) is 13.5. The van der Waals surface area contributed by atoms with Gasteiger partial charge in [-0.15, -0.1) is 0 Å². The van der Waals surface area contributed by atoms with Gasteiger partial charge in [0.25, 0.3) is 0 Å². The standard InChI is InChI=1S/C50H32N4/c1-4-12-33(13-5-1)40-26-29-41(43(32-40)34-14-6-2-7-15-34)49-42-18-10-11-19-46(42)53-50(54-49)39-24-20-36(21-25-39)45-31-28-38-23-22-37-27-30-44(35-16-8-3-9-17-35)51-47(37)48(38)52-45/h1-32H. The Morgan fingerprint density at radius 3 is 1.44 bits per heavy atom. The first-order valence-electron chi connectivity index (χ1n) is 18.1. The van der Waals surface area contributed by atoms with Crippen molar-refractivity contribution < 1.29 is 0 Å². The summed E-state index contributed by atoms with van der Waals surface area (Å²) in [6.45, 7) is 0. The Labute approximate surface area is 313 Å². The summed E-state index contributed by atoms with van der Waals surface area (Å²) in [5.41, 5.74) is 14.1. The maximum absolute atomic E-state index is 5.31. The minimum absolute atomic E-state index is 0.677. The highest BCUT2D eigenvalue weighted by Gasteiger charge is 2.17. The minimum atomic E-state index is 0.677. The van der Waals surface area contributed by atoms with Crippen molar-refractivity contribution in [3.8, 4) is 67.4 Å². The highest BCUT2D eigenvalue weighted by molar-refractivity contribution is 6.04. The quantitative estimate of drug-likeness (QED) is 0.163. The number of rotatable bonds is 6. The van der Waals surface area contributed by atoms with Crippen molar-refractivity contribution in [2.75, 3.05) is 0 Å². The van der Waals surface area contributed by atoms with Gasteiger partial charge < -0.3 is 0 Å². The van der Waals surface area contributed by atoms with Crippen LogP contribution in [0.3, 0.4) is 0 Å². The number of para-hydroxylation sites is 1. The fourth-order valence-corrected chi connectivity index (χ4v) is 7.32. The van der Waals surface area contributed by atoms with Crippen molar-refractivity contribution in [1.29, 1.82) is 0 Å². The Kier molecular flexibility index (Phi) is 7.77. The summed E-state index contributed by atoms with van der Waals surface area (Å²) in [5.74, 6) is 0.677. The zero-order valence-corrected chi connectivity index (χ0v) is 29.3. The van der Waals surface area contributed by atoms with E-state index < -0.39 is 0 Å². The lowest BCUT2D eigenvalue weighted by atomic mass is 9.92. The van der Waals surface area contributed by atoms with E-state index >= 15 is 0 Å². The van der Waals surface area contributed by atoms with Crippen LogP contribution in [-0.2, 0) is 0 Å². The van der Waals surface area contributed by atoms with Crippen molar-refractivity contribution in [2.24, 2.45) is 0 Å². The second kappa shape index (κ2) is 13.4. The van der Waals surface area contributed by atoms with Gasteiger partial charge in [0.15, 0.2) is 5.82 Å². The third kappa shape index (κ3) is 5.76. The number of nitrogens with zero attached hydrogens (tertiary/aromatic N) is 4. The second-order valence-corrected chi connectivity index (χ2v) is 13.5. The van der Waals surface area contributed by atoms with Crippen LogP contribution in [0.5, 0.6) is 0 Å². The summed E-state index contributed by atoms with van der Waals surface area (Å²) >= 11 is 0. The number of hydrogen-bond donors (Lipinski definition) is 0. The molecule has 0 aliphatic heterocycles. The Hall–Kier alpha value is -7.30. The molecule has 3 heterocycles. The Bertz CT molecular complexity index is 2960. The van der Waals surface area contributed by atoms with E-state index in [1.807, 2.05) is 24.3 Å². The molecule has 4 nitrogen and oxygen atoms in total. The topological polar surface area (TPSA) is 51.6 Å². The molecule has 4 heteroatoms. The lowest BCUT2D eigenvalue weighted by Crippen LogP contribution is -1.97. The molecular formula is C50H32N4. The van der Waals surface area contributed by atoms with E-state index in [0.717, 1.165) is 88.7 Å². The van der Waals surface area contributed by atoms with E-state index in [9.17, 15) is 0 Å². The van der Waals surface area contributed by atoms with Crippen molar-refractivity contribution in [3.05, 3.63) is 194 Å². The third-order valence-electron chi connectivity index (χ3n) is 10.1. The van der Waals surface area contributed by atoms with Gasteiger partial charge in [0.2, 0.25) is 0 Å². The van der Waals surface area contributed by atoms with Gasteiger partial charge in [0.1, 0.15) is 0 Å². The summed E-state index contributed by atoms with van der Waals surface area (Å²) < 4.78 is 0. The zero-order chi connectivity index (χ0) is 35.8. The van der Waals surface area contributed by atoms with Gasteiger partial charge in [-0.25, -0.2) is 19.9 Å². The smallest absolute Gasteiger partial charge is 0.160 e. The molecule has 0 saturated carbocycles. The van der Waals surface area contributed by atoms with Crippen LogP contribution in [0.2, 0.25) is 0 Å². The molecule has 0 saturated heterocycles. The molecule has 7 aromatic carbocycles. The van der Waals surface area contributed by atoms with Crippen LogP contribution in [0.25, 0.3) is 100 Å². The van der Waals surface area contributed by atoms with Gasteiger partial charge in [-0.05, 0) is 46.5 Å². The van der Waals surface area contributed by atoms with Crippen LogP contribution < -0.4 is 0 Å². The van der Waals surface area contributed by atoms with Crippen LogP contribution in [0, 0.1) is 0 Å². The molecule has 0 N–H and O–H groups in total. The number of fused-ring (bicyclic) bond motifs is 4. The lowest BCUT2D eigenvalue weighted by molar-refractivity contribution is 1.23. The number of pyridine rings is 2. The number of hydrogen-bond acceptors (Lipinski definition) is 4. The van der Waals surface area contributed by atoms with Crippen molar-refractivity contribution in [3.63, 3.8) is 0 Å². The molecule has 10 rings (SSSR count). The highest BCUT2D eigenvalue weighted by atomic mass is 14.9. The molecule has 0 bridgehead atoms. The van der Waals surface area contributed by atoms with E-state index in [-0.39, 0.29) is 0 Å². The molecule has 0 radical (unpaired) electrons. The van der Waals surface area contributed by atoms with Gasteiger partial charge in [0.05, 0.1) is 33.6 Å². The number of aromatic nitrogens is 4. The van der Waals surface area contributed by atoms with Crippen molar-refractivity contribution in [1.82, 2.24) is 19.9 Å². The molecular weight excluding hydrogens is 657 g/mol. The Morgan fingerprint density at radius 1 is 0.296 bits per heavy atom. The fraction of sp³-hybridized carbons (Fsp3) is 0. The van der Waals surface area contributed by atoms with Gasteiger partial charge in [-0.1, -0.05) is 170 Å². The molecule has 0 aliphatic carbocycles. The van der Waals surface area contributed by atoms with E-state index in [4.69, 9.17) is 19.9 Å². The largest absolute Gasteiger partial charge is 0.245 e. The summed E-state index contributed by atoms with van der Waals surface area (Å²) in [7, 11) is 0. The van der Waals surface area contributed by atoms with Crippen LogP contribution >= 0.6 is 0 Å². The van der Waals surface area contributed by atoms with Crippen molar-refractivity contribution in [2.45, 2.75) is 0 Å². The number of benzene rings is 7. The van der Waals surface area contributed by atoms with Crippen molar-refractivity contribution >= 4 is 32.7 Å². The fourth-order valence-electron chi connectivity index (χ4n) is 7.32. The molecule has 3 aromatic heterocycles. The highest BCUT2D eigenvalue weighted by Crippen LogP contribution is 2.39. The first-order chi connectivity index (χ1) is 26.7. The molecule has 0 atom stereocenters. The molecule has 0 aliphatic rings. The van der Waals surface area contributed by atoms with E-state index in [2.05, 4.69) is 170 Å². The van der Waals surface area contributed by atoms with Crippen LogP contribution in [0.1, 0.15) is 0 Å². The maximum Gasteiger partial charge on any atom is 0.160 e. The summed E-state index contributed by atoms with van der Waals surface area (Å²) in [6, 6.07) is 67.4. The third-order valence-corrected chi connectivity index (χ3v) is 10.1. The first kappa shape index (κ1) is 31.4. The zero-order valence-electron chi connectivity index (χ0n) is 29.3. The molecule has 10 aromatic rings. The Morgan fingerprint density at radius 2 is 0.796 bits per heavy atom. The van der Waals surface area contributed by atoms with Gasteiger partial charge in [0, 0.05) is 38.4 Å². The summed E-state index contributed by atoms with van der Waals surface area (Å²) in [5, 5.41) is 3.14. The summed E-state index contributed by atoms with van der Waals surface area (Å²) in [4.78, 5) is 20.6. The average molecular weight is 689 g/mol. The van der Waals surface area contributed by atoms with Gasteiger partial charge in [-0.2, -0.15) is 0 Å². The average Bonchev–Trinajstić information content (AvgIpc) is 3.26. The molecule has 252 valence electrons. The molecule has 0 unspecified atom stereocenters. The molecule has 0 spiro atoms. The first-order valence-corrected chi connectivity index (χ1v) is 18.1. The monoisotopic (exact) mass is 688 g/mol. The SMILES string of the molecule is c1ccc(-c2ccc(-c3nc(-c4ccc(-c5ccc6ccc7ccc(-c8ccccc8)nc7c6n5)cc4)nc4ccccc34)c(-c3ccccc3)c2)cc1. The van der Waals surface area contributed by atoms with Crippen LogP contribution in [0.15, 0.2) is 194 Å². The minimum Gasteiger partial charge on any atom is -0.245 e. The molecule has 0 amide bonds. The normalized spacial score (nSPS) is 11.3. The van der Waals surface area contributed by atoms with E-state index in [1.54, 1.807) is 0 Å². The maximum atomic E-state index is 5.31. The molecule has 0 fully saturated rings. The predicted molar refractivity (Wildman–Crippen MR) is 223 cm³/mol. The Balaban J connectivity index is 1.06. The summed E-state index contributed by atoms with van der Waals surface area (Å²) in [6.07, 6.45) is 0. The lowest BCUT2D eigenvalue weighted by Gasteiger charge is -2.15. The van der Waals surface area contributed by atoms with E-state index in [0.29, 0.717) is 5.82 Å². The van der Waals surface area contributed by atoms with E-state index in [1.165, 1.54) is 5.56 Å². The predicted octanol–water partition coefficient (Wildman–Crippen LogP) is 12.7.